The molecule has 0 amide bonds. The van der Waals surface area contributed by atoms with Crippen molar-refractivity contribution < 1.29 is 27.6 Å². The molecule has 0 heterocycles. The van der Waals surface area contributed by atoms with E-state index in [0.29, 0.717) is 12.1 Å². The molecule has 0 saturated carbocycles. The van der Waals surface area contributed by atoms with E-state index >= 15 is 0 Å². The SMILES string of the molecule is O=C(Cl)c1ccccc1Oc1ccc(C(F)(F)F)cc1[N+](=O)[O-]. The number of alkyl halides is 3. The number of hydrogen-bond acceptors (Lipinski definition) is 4. The van der Waals surface area contributed by atoms with Crippen LogP contribution in [0.1, 0.15) is 15.9 Å². The number of benzene rings is 2. The van der Waals surface area contributed by atoms with Crippen molar-refractivity contribution in [3.05, 3.63) is 63.7 Å². The minimum Gasteiger partial charge on any atom is -0.449 e. The van der Waals surface area contributed by atoms with Crippen molar-refractivity contribution in [1.29, 1.82) is 0 Å². The summed E-state index contributed by atoms with van der Waals surface area (Å²) in [7, 11) is 0. The van der Waals surface area contributed by atoms with Gasteiger partial charge in [0.25, 0.3) is 5.24 Å². The Balaban J connectivity index is 2.49. The molecular formula is C14H7ClF3NO4. The lowest BCUT2D eigenvalue weighted by molar-refractivity contribution is -0.385. The van der Waals surface area contributed by atoms with E-state index in [2.05, 4.69) is 0 Å². The first kappa shape index (κ1) is 16.8. The molecule has 5 nitrogen and oxygen atoms in total. The molecule has 0 saturated heterocycles. The van der Waals surface area contributed by atoms with Crippen molar-refractivity contribution >= 4 is 22.5 Å². The number of carbonyl (C=O) groups excluding carboxylic acids is 1. The van der Waals surface area contributed by atoms with Gasteiger partial charge in [-0.3, -0.25) is 14.9 Å². The molecule has 0 radical (unpaired) electrons. The van der Waals surface area contributed by atoms with Crippen molar-refractivity contribution in [1.82, 2.24) is 0 Å². The molecule has 0 atom stereocenters. The van der Waals surface area contributed by atoms with Crippen LogP contribution in [0.25, 0.3) is 0 Å². The first-order chi connectivity index (χ1) is 10.7. The zero-order chi connectivity index (χ0) is 17.2. The number of carbonyl (C=O) groups is 1. The summed E-state index contributed by atoms with van der Waals surface area (Å²) in [4.78, 5) is 21.2. The fourth-order valence-electron chi connectivity index (χ4n) is 1.76. The maximum absolute atomic E-state index is 12.6. The average Bonchev–Trinajstić information content (AvgIpc) is 2.46. The van der Waals surface area contributed by atoms with E-state index in [-0.39, 0.29) is 11.3 Å². The fraction of sp³-hybridized carbons (Fsp3) is 0.0714. The van der Waals surface area contributed by atoms with Crippen molar-refractivity contribution in [2.75, 3.05) is 0 Å². The van der Waals surface area contributed by atoms with E-state index in [1.165, 1.54) is 24.3 Å². The molecule has 0 bridgehead atoms. The molecule has 9 heteroatoms. The monoisotopic (exact) mass is 345 g/mol. The number of halogens is 4. The van der Waals surface area contributed by atoms with Crippen LogP contribution in [0.2, 0.25) is 0 Å². The van der Waals surface area contributed by atoms with Crippen molar-refractivity contribution in [3.63, 3.8) is 0 Å². The molecule has 0 spiro atoms. The second-order valence-corrected chi connectivity index (χ2v) is 4.65. The van der Waals surface area contributed by atoms with E-state index in [1.807, 2.05) is 0 Å². The molecule has 0 aliphatic heterocycles. The van der Waals surface area contributed by atoms with Gasteiger partial charge in [-0.1, -0.05) is 12.1 Å². The second-order valence-electron chi connectivity index (χ2n) is 4.31. The highest BCUT2D eigenvalue weighted by Crippen LogP contribution is 2.38. The highest BCUT2D eigenvalue weighted by Gasteiger charge is 2.33. The van der Waals surface area contributed by atoms with Gasteiger partial charge in [0.05, 0.1) is 16.1 Å². The topological polar surface area (TPSA) is 69.4 Å². The number of nitro benzene ring substituents is 1. The minimum atomic E-state index is -4.73. The van der Waals surface area contributed by atoms with Gasteiger partial charge in [0.15, 0.2) is 0 Å². The quantitative estimate of drug-likeness (QED) is 0.454. The molecule has 2 aromatic rings. The standard InChI is InChI=1S/C14H7ClF3NO4/c15-13(20)9-3-1-2-4-11(9)23-12-6-5-8(14(16,17)18)7-10(12)19(21)22/h1-7H. The van der Waals surface area contributed by atoms with Crippen LogP contribution >= 0.6 is 11.6 Å². The van der Waals surface area contributed by atoms with Crippen LogP contribution in [-0.2, 0) is 6.18 Å². The van der Waals surface area contributed by atoms with E-state index in [4.69, 9.17) is 16.3 Å². The number of para-hydroxylation sites is 1. The molecule has 0 aliphatic rings. The number of nitrogens with zero attached hydrogens (tertiary/aromatic N) is 1. The van der Waals surface area contributed by atoms with Crippen molar-refractivity contribution in [3.8, 4) is 11.5 Å². The summed E-state index contributed by atoms with van der Waals surface area (Å²) in [5.74, 6) is -0.538. The van der Waals surface area contributed by atoms with Crippen LogP contribution in [0.5, 0.6) is 11.5 Å². The van der Waals surface area contributed by atoms with Crippen molar-refractivity contribution in [2.45, 2.75) is 6.18 Å². The summed E-state index contributed by atoms with van der Waals surface area (Å²) in [5.41, 5.74) is -2.13. The summed E-state index contributed by atoms with van der Waals surface area (Å²) in [6.45, 7) is 0. The third-order valence-corrected chi connectivity index (χ3v) is 3.01. The zero-order valence-electron chi connectivity index (χ0n) is 11.1. The van der Waals surface area contributed by atoms with Crippen LogP contribution in [0, 0.1) is 10.1 Å². The Bertz CT molecular complexity index is 777. The third kappa shape index (κ3) is 3.78. The van der Waals surface area contributed by atoms with E-state index < -0.39 is 33.3 Å². The molecule has 0 aromatic heterocycles. The molecule has 120 valence electrons. The minimum absolute atomic E-state index is 0.0663. The van der Waals surface area contributed by atoms with Gasteiger partial charge in [-0.25, -0.2) is 0 Å². The summed E-state index contributed by atoms with van der Waals surface area (Å²) in [6.07, 6.45) is -4.73. The molecule has 0 fully saturated rings. The molecular weight excluding hydrogens is 339 g/mol. The lowest BCUT2D eigenvalue weighted by Crippen LogP contribution is -2.06. The van der Waals surface area contributed by atoms with Crippen molar-refractivity contribution in [2.24, 2.45) is 0 Å². The Labute approximate surface area is 132 Å². The Hall–Kier alpha value is -2.61. The highest BCUT2D eigenvalue weighted by molar-refractivity contribution is 6.68. The summed E-state index contributed by atoms with van der Waals surface area (Å²) in [6, 6.07) is 7.43. The Morgan fingerprint density at radius 3 is 2.35 bits per heavy atom. The molecule has 2 aromatic carbocycles. The van der Waals surface area contributed by atoms with E-state index in [1.54, 1.807) is 0 Å². The van der Waals surface area contributed by atoms with E-state index in [0.717, 1.165) is 6.07 Å². The molecule has 2 rings (SSSR count). The van der Waals surface area contributed by atoms with Gasteiger partial charge in [-0.2, -0.15) is 13.2 Å². The Kier molecular flexibility index (Phi) is 4.55. The van der Waals surface area contributed by atoms with Crippen LogP contribution in [0.4, 0.5) is 18.9 Å². The van der Waals surface area contributed by atoms with Crippen LogP contribution < -0.4 is 4.74 Å². The van der Waals surface area contributed by atoms with Gasteiger partial charge >= 0.3 is 11.9 Å². The zero-order valence-corrected chi connectivity index (χ0v) is 11.9. The molecule has 0 aliphatic carbocycles. The maximum Gasteiger partial charge on any atom is 0.416 e. The lowest BCUT2D eigenvalue weighted by atomic mass is 10.1. The molecule has 0 N–H and O–H groups in total. The average molecular weight is 346 g/mol. The number of hydrogen-bond donors (Lipinski definition) is 0. The van der Waals surface area contributed by atoms with Crippen LogP contribution in [-0.4, -0.2) is 10.2 Å². The number of ether oxygens (including phenoxy) is 1. The molecule has 23 heavy (non-hydrogen) atoms. The van der Waals surface area contributed by atoms with Gasteiger partial charge in [-0.05, 0) is 35.9 Å². The highest BCUT2D eigenvalue weighted by atomic mass is 35.5. The Morgan fingerprint density at radius 2 is 1.78 bits per heavy atom. The third-order valence-electron chi connectivity index (χ3n) is 2.80. The van der Waals surface area contributed by atoms with Gasteiger partial charge in [0.2, 0.25) is 5.75 Å². The Morgan fingerprint density at radius 1 is 1.13 bits per heavy atom. The largest absolute Gasteiger partial charge is 0.449 e. The maximum atomic E-state index is 12.6. The van der Waals surface area contributed by atoms with Gasteiger partial charge in [0, 0.05) is 6.07 Å². The summed E-state index contributed by atoms with van der Waals surface area (Å²) in [5, 5.41) is 10.1. The van der Waals surface area contributed by atoms with Crippen LogP contribution in [0.15, 0.2) is 42.5 Å². The summed E-state index contributed by atoms with van der Waals surface area (Å²) >= 11 is 5.36. The predicted octanol–water partition coefficient (Wildman–Crippen LogP) is 4.78. The second kappa shape index (κ2) is 6.25. The van der Waals surface area contributed by atoms with E-state index in [9.17, 15) is 28.1 Å². The predicted molar refractivity (Wildman–Crippen MR) is 74.8 cm³/mol. The number of nitro groups is 1. The van der Waals surface area contributed by atoms with Gasteiger partial charge in [0.1, 0.15) is 5.75 Å². The van der Waals surface area contributed by atoms with Crippen LogP contribution in [0.3, 0.4) is 0 Å². The van der Waals surface area contributed by atoms with Gasteiger partial charge in [-0.15, -0.1) is 0 Å². The summed E-state index contributed by atoms with van der Waals surface area (Å²) < 4.78 is 43.1. The smallest absolute Gasteiger partial charge is 0.416 e. The van der Waals surface area contributed by atoms with Gasteiger partial charge < -0.3 is 4.74 Å². The number of rotatable bonds is 4. The normalized spacial score (nSPS) is 11.1. The fourth-order valence-corrected chi connectivity index (χ4v) is 1.92. The first-order valence-corrected chi connectivity index (χ1v) is 6.40. The lowest BCUT2D eigenvalue weighted by Gasteiger charge is -2.11. The first-order valence-electron chi connectivity index (χ1n) is 6.02. The molecule has 0 unspecified atom stereocenters.